The summed E-state index contributed by atoms with van der Waals surface area (Å²) >= 11 is 0. The highest BCUT2D eigenvalue weighted by molar-refractivity contribution is 5.94. The number of amides is 2. The third-order valence-corrected chi connectivity index (χ3v) is 7.42. The fraction of sp³-hybridized carbons (Fsp3) is 0.407. The minimum Gasteiger partial charge on any atom is -0.348 e. The Labute approximate surface area is 199 Å². The number of fused-ring (bicyclic) bond motifs is 1. The van der Waals surface area contributed by atoms with Crippen LogP contribution in [0.25, 0.3) is 5.65 Å². The molecule has 0 unspecified atom stereocenters. The third kappa shape index (κ3) is 4.28. The molecule has 0 bridgehead atoms. The summed E-state index contributed by atoms with van der Waals surface area (Å²) in [7, 11) is 0. The molecular formula is C27H29N5O2. The lowest BCUT2D eigenvalue weighted by molar-refractivity contribution is -0.139. The van der Waals surface area contributed by atoms with Gasteiger partial charge in [-0.2, -0.15) is 5.26 Å². The zero-order chi connectivity index (χ0) is 23.5. The first kappa shape index (κ1) is 22.1. The molecule has 3 heterocycles. The van der Waals surface area contributed by atoms with Gasteiger partial charge in [0.25, 0.3) is 5.91 Å². The Kier molecular flexibility index (Phi) is 6.06. The van der Waals surface area contributed by atoms with Crippen LogP contribution in [0.1, 0.15) is 65.9 Å². The first-order chi connectivity index (χ1) is 16.6. The van der Waals surface area contributed by atoms with Crippen LogP contribution in [-0.4, -0.2) is 39.2 Å². The number of nitrogens with zero attached hydrogens (tertiary/aromatic N) is 4. The maximum Gasteiger partial charge on any atom is 0.251 e. The van der Waals surface area contributed by atoms with Crippen molar-refractivity contribution < 1.29 is 9.59 Å². The highest BCUT2D eigenvalue weighted by Crippen LogP contribution is 2.40. The van der Waals surface area contributed by atoms with Gasteiger partial charge in [-0.1, -0.05) is 25.0 Å². The monoisotopic (exact) mass is 455 g/mol. The maximum atomic E-state index is 13.0. The smallest absolute Gasteiger partial charge is 0.251 e. The van der Waals surface area contributed by atoms with Gasteiger partial charge < -0.3 is 14.6 Å². The molecule has 7 nitrogen and oxygen atoms in total. The quantitative estimate of drug-likeness (QED) is 0.628. The highest BCUT2D eigenvalue weighted by atomic mass is 16.2. The Bertz CT molecular complexity index is 1230. The molecular weight excluding hydrogens is 426 g/mol. The molecule has 1 N–H and O–H groups in total. The second-order valence-electron chi connectivity index (χ2n) is 9.50. The zero-order valence-electron chi connectivity index (χ0n) is 19.2. The molecule has 174 valence electrons. The molecule has 2 fully saturated rings. The number of aromatic nitrogens is 2. The Morgan fingerprint density at radius 1 is 1.09 bits per heavy atom. The van der Waals surface area contributed by atoms with Crippen molar-refractivity contribution in [1.82, 2.24) is 19.6 Å². The number of nitriles is 1. The van der Waals surface area contributed by atoms with E-state index < -0.39 is 5.41 Å². The van der Waals surface area contributed by atoms with Crippen LogP contribution in [-0.2, 0) is 11.3 Å². The summed E-state index contributed by atoms with van der Waals surface area (Å²) in [5.41, 5.74) is 2.90. The molecule has 1 saturated heterocycles. The van der Waals surface area contributed by atoms with E-state index in [2.05, 4.69) is 16.4 Å². The molecule has 3 aromatic rings. The van der Waals surface area contributed by atoms with Crippen LogP contribution in [0.3, 0.4) is 0 Å². The number of benzene rings is 1. The van der Waals surface area contributed by atoms with Gasteiger partial charge in [0.15, 0.2) is 0 Å². The van der Waals surface area contributed by atoms with Crippen molar-refractivity contribution >= 4 is 17.5 Å². The molecule has 0 radical (unpaired) electrons. The minimum atomic E-state index is -0.786. The first-order valence-electron chi connectivity index (χ1n) is 12.1. The van der Waals surface area contributed by atoms with Crippen LogP contribution < -0.4 is 5.32 Å². The zero-order valence-corrected chi connectivity index (χ0v) is 19.2. The summed E-state index contributed by atoms with van der Waals surface area (Å²) in [6.07, 6.45) is 10.7. The normalized spacial score (nSPS) is 18.0. The number of imidazole rings is 1. The van der Waals surface area contributed by atoms with Gasteiger partial charge in [-0.3, -0.25) is 9.59 Å². The molecule has 0 spiro atoms. The van der Waals surface area contributed by atoms with Crippen molar-refractivity contribution in [3.63, 3.8) is 0 Å². The average molecular weight is 456 g/mol. The van der Waals surface area contributed by atoms with Gasteiger partial charge in [0.2, 0.25) is 5.91 Å². The number of hydrogen-bond donors (Lipinski definition) is 1. The Balaban J connectivity index is 1.15. The Morgan fingerprint density at radius 2 is 1.82 bits per heavy atom. The second kappa shape index (κ2) is 9.30. The number of carbonyl (C=O) groups excluding carboxylic acids is 2. The fourth-order valence-electron chi connectivity index (χ4n) is 5.32. The lowest BCUT2D eigenvalue weighted by Gasteiger charge is -2.36. The van der Waals surface area contributed by atoms with Crippen molar-refractivity contribution in [2.24, 2.45) is 5.41 Å². The number of piperidine rings is 1. The van der Waals surface area contributed by atoms with E-state index >= 15 is 0 Å². The van der Waals surface area contributed by atoms with E-state index in [4.69, 9.17) is 0 Å². The first-order valence-corrected chi connectivity index (χ1v) is 12.1. The van der Waals surface area contributed by atoms with Crippen molar-refractivity contribution in [2.45, 2.75) is 51.0 Å². The van der Waals surface area contributed by atoms with Crippen LogP contribution in [0, 0.1) is 16.7 Å². The summed E-state index contributed by atoms with van der Waals surface area (Å²) < 4.78 is 1.93. The Morgan fingerprint density at radius 3 is 2.53 bits per heavy atom. The van der Waals surface area contributed by atoms with Crippen LogP contribution in [0.2, 0.25) is 0 Å². The molecule has 2 aromatic heterocycles. The Hall–Kier alpha value is -3.66. The summed E-state index contributed by atoms with van der Waals surface area (Å²) in [6, 6.07) is 14.1. The SMILES string of the molecule is N#CC1(C(=O)N2CCC(c3ccc(C(=O)NCc4ccn5ccnc5c4)cc3)CC2)CCCC1. The molecule has 7 heteroatoms. The molecule has 0 atom stereocenters. The molecule has 1 aliphatic carbocycles. The lowest BCUT2D eigenvalue weighted by atomic mass is 9.84. The largest absolute Gasteiger partial charge is 0.348 e. The molecule has 1 aromatic carbocycles. The summed E-state index contributed by atoms with van der Waals surface area (Å²) in [5.74, 6) is 0.294. The molecule has 2 amide bonds. The van der Waals surface area contributed by atoms with E-state index in [1.54, 1.807) is 6.20 Å². The third-order valence-electron chi connectivity index (χ3n) is 7.42. The van der Waals surface area contributed by atoms with Crippen LogP contribution in [0.4, 0.5) is 0 Å². The molecule has 1 aliphatic heterocycles. The predicted molar refractivity (Wildman–Crippen MR) is 128 cm³/mol. The van der Waals surface area contributed by atoms with Crippen molar-refractivity contribution in [3.05, 3.63) is 71.7 Å². The fourth-order valence-corrected chi connectivity index (χ4v) is 5.32. The van der Waals surface area contributed by atoms with Crippen LogP contribution >= 0.6 is 0 Å². The number of nitrogens with one attached hydrogen (secondary N) is 1. The van der Waals surface area contributed by atoms with Gasteiger partial charge in [0.1, 0.15) is 11.1 Å². The molecule has 34 heavy (non-hydrogen) atoms. The molecule has 1 saturated carbocycles. The van der Waals surface area contributed by atoms with E-state index in [1.807, 2.05) is 58.1 Å². The van der Waals surface area contributed by atoms with E-state index in [0.29, 0.717) is 44.0 Å². The van der Waals surface area contributed by atoms with Crippen LogP contribution in [0.5, 0.6) is 0 Å². The number of likely N-dealkylation sites (tertiary alicyclic amines) is 1. The highest BCUT2D eigenvalue weighted by Gasteiger charge is 2.44. The van der Waals surface area contributed by atoms with Gasteiger partial charge in [0, 0.05) is 43.8 Å². The van der Waals surface area contributed by atoms with E-state index in [9.17, 15) is 14.9 Å². The van der Waals surface area contributed by atoms with Crippen molar-refractivity contribution in [2.75, 3.05) is 13.1 Å². The second-order valence-corrected chi connectivity index (χ2v) is 9.50. The number of hydrogen-bond acceptors (Lipinski definition) is 4. The van der Waals surface area contributed by atoms with Crippen LogP contribution in [0.15, 0.2) is 55.0 Å². The standard InChI is InChI=1S/C27H29N5O2/c28-19-27(10-1-2-11-27)26(34)32-14-8-22(9-15-32)21-3-5-23(6-4-21)25(33)30-18-20-7-13-31-16-12-29-24(31)17-20/h3-7,12-13,16-17,22H,1-2,8-11,14-15,18H2,(H,30,33). The average Bonchev–Trinajstić information content (AvgIpc) is 3.57. The topological polar surface area (TPSA) is 90.5 Å². The molecule has 2 aliphatic rings. The number of carbonyl (C=O) groups is 2. The van der Waals surface area contributed by atoms with Gasteiger partial charge in [0.05, 0.1) is 6.07 Å². The van der Waals surface area contributed by atoms with Crippen molar-refractivity contribution in [1.29, 1.82) is 5.26 Å². The molecule has 5 rings (SSSR count). The summed E-state index contributed by atoms with van der Waals surface area (Å²) in [6.45, 7) is 1.83. The van der Waals surface area contributed by atoms with Gasteiger partial charge >= 0.3 is 0 Å². The predicted octanol–water partition coefficient (Wildman–Crippen LogP) is 4.05. The van der Waals surface area contributed by atoms with Gasteiger partial charge in [-0.05, 0) is 67.0 Å². The number of pyridine rings is 1. The van der Waals surface area contributed by atoms with Crippen molar-refractivity contribution in [3.8, 4) is 6.07 Å². The van der Waals surface area contributed by atoms with E-state index in [1.165, 1.54) is 5.56 Å². The van der Waals surface area contributed by atoms with Gasteiger partial charge in [-0.15, -0.1) is 0 Å². The van der Waals surface area contributed by atoms with Gasteiger partial charge in [-0.25, -0.2) is 4.98 Å². The minimum absolute atomic E-state index is 0.0323. The summed E-state index contributed by atoms with van der Waals surface area (Å²) in [5, 5.41) is 12.6. The lowest BCUT2D eigenvalue weighted by Crippen LogP contribution is -2.45. The number of rotatable bonds is 5. The van der Waals surface area contributed by atoms with E-state index in [-0.39, 0.29) is 11.8 Å². The van der Waals surface area contributed by atoms with E-state index in [0.717, 1.165) is 36.9 Å². The maximum absolute atomic E-state index is 13.0. The summed E-state index contributed by atoms with van der Waals surface area (Å²) in [4.78, 5) is 31.8.